The molecule has 0 amide bonds. The molecule has 0 heterocycles. The third kappa shape index (κ3) is 8.61. The van der Waals surface area contributed by atoms with Gasteiger partial charge in [0.25, 0.3) is 0 Å². The van der Waals surface area contributed by atoms with E-state index in [4.69, 9.17) is 33.2 Å². The van der Waals surface area contributed by atoms with Crippen molar-refractivity contribution in [2.75, 3.05) is 48.8 Å². The van der Waals surface area contributed by atoms with Gasteiger partial charge in [0.1, 0.15) is 32.6 Å². The van der Waals surface area contributed by atoms with Crippen molar-refractivity contribution in [2.24, 2.45) is 0 Å². The molecule has 29 heavy (non-hydrogen) atoms. The van der Waals surface area contributed by atoms with Gasteiger partial charge in [-0.05, 0) is 5.56 Å². The summed E-state index contributed by atoms with van der Waals surface area (Å²) >= 11 is 0. The van der Waals surface area contributed by atoms with E-state index >= 15 is 0 Å². The molecule has 0 radical (unpaired) electrons. The lowest BCUT2D eigenvalue weighted by molar-refractivity contribution is -0.203. The van der Waals surface area contributed by atoms with Crippen LogP contribution < -0.4 is 0 Å². The topological polar surface area (TPSA) is 81.7 Å². The zero-order chi connectivity index (χ0) is 21.5. The van der Waals surface area contributed by atoms with E-state index in [1.54, 1.807) is 6.08 Å². The molecule has 0 unspecified atom stereocenters. The quantitative estimate of drug-likeness (QED) is 0.233. The van der Waals surface area contributed by atoms with E-state index in [-0.39, 0.29) is 32.8 Å². The number of carbonyl (C=O) groups is 1. The summed E-state index contributed by atoms with van der Waals surface area (Å²) in [6.07, 6.45) is -0.201. The van der Waals surface area contributed by atoms with Crippen molar-refractivity contribution < 1.29 is 38.0 Å². The molecular formula is C21H32O8. The number of esters is 1. The smallest absolute Gasteiger partial charge is 0.306 e. The molecule has 0 spiro atoms. The number of rotatable bonds is 16. The molecule has 8 heteroatoms. The van der Waals surface area contributed by atoms with Gasteiger partial charge >= 0.3 is 5.97 Å². The third-order valence-corrected chi connectivity index (χ3v) is 4.25. The summed E-state index contributed by atoms with van der Waals surface area (Å²) in [5.41, 5.74) is 0.888. The van der Waals surface area contributed by atoms with Crippen LogP contribution in [-0.4, -0.2) is 73.1 Å². The lowest BCUT2D eigenvalue weighted by Crippen LogP contribution is -2.46. The molecule has 0 fully saturated rings. The Balaban J connectivity index is 3.33. The van der Waals surface area contributed by atoms with Crippen LogP contribution in [0.2, 0.25) is 0 Å². The van der Waals surface area contributed by atoms with Gasteiger partial charge in [-0.2, -0.15) is 0 Å². The van der Waals surface area contributed by atoms with Crippen LogP contribution in [0, 0.1) is 0 Å². The van der Waals surface area contributed by atoms with Crippen LogP contribution in [0.15, 0.2) is 43.0 Å². The van der Waals surface area contributed by atoms with Crippen molar-refractivity contribution >= 4 is 5.97 Å². The molecule has 164 valence electrons. The average Bonchev–Trinajstić information content (AvgIpc) is 2.76. The van der Waals surface area contributed by atoms with Gasteiger partial charge in [-0.25, -0.2) is 0 Å². The summed E-state index contributed by atoms with van der Waals surface area (Å²) < 4.78 is 37.8. The summed E-state index contributed by atoms with van der Waals surface area (Å²) in [7, 11) is 5.91. The van der Waals surface area contributed by atoms with Gasteiger partial charge < -0.3 is 33.2 Å². The minimum Gasteiger partial charge on any atom is -0.469 e. The highest BCUT2D eigenvalue weighted by Gasteiger charge is 2.38. The minimum atomic E-state index is -0.660. The fourth-order valence-electron chi connectivity index (χ4n) is 2.94. The van der Waals surface area contributed by atoms with E-state index in [2.05, 4.69) is 6.58 Å². The van der Waals surface area contributed by atoms with Crippen LogP contribution >= 0.6 is 0 Å². The van der Waals surface area contributed by atoms with Crippen molar-refractivity contribution in [3.8, 4) is 0 Å². The average molecular weight is 412 g/mol. The first kappa shape index (κ1) is 25.2. The SMILES string of the molecule is C=C[C@H](OCOC)[C@@H](OCOC)[C@H](OCOC)[C@@H](CC(=O)OC)c1ccccc1. The zero-order valence-corrected chi connectivity index (χ0v) is 17.6. The van der Waals surface area contributed by atoms with Crippen molar-refractivity contribution in [1.29, 1.82) is 0 Å². The Bertz CT molecular complexity index is 565. The standard InChI is InChI=1S/C21H32O8/c1-6-18(27-13-23-2)21(29-15-25-4)20(28-14-24-3)17(12-19(22)26-5)16-10-8-7-9-11-16/h6-11,17-18,20-21H,1,12-15H2,2-5H3/t17-,18-,20+,21+/m0/s1. The lowest BCUT2D eigenvalue weighted by atomic mass is 9.85. The fraction of sp³-hybridized carbons (Fsp3) is 0.571. The zero-order valence-electron chi connectivity index (χ0n) is 17.6. The van der Waals surface area contributed by atoms with Gasteiger partial charge in [0.15, 0.2) is 0 Å². The van der Waals surface area contributed by atoms with Crippen LogP contribution in [0.25, 0.3) is 0 Å². The van der Waals surface area contributed by atoms with E-state index in [0.29, 0.717) is 0 Å². The van der Waals surface area contributed by atoms with Crippen molar-refractivity contribution in [1.82, 2.24) is 0 Å². The highest BCUT2D eigenvalue weighted by Crippen LogP contribution is 2.31. The Hall–Kier alpha value is -1.81. The Morgan fingerprint density at radius 1 is 0.897 bits per heavy atom. The van der Waals surface area contributed by atoms with Gasteiger partial charge in [-0.3, -0.25) is 4.79 Å². The molecular weight excluding hydrogens is 380 g/mol. The van der Waals surface area contributed by atoms with Crippen LogP contribution in [0.1, 0.15) is 17.9 Å². The largest absolute Gasteiger partial charge is 0.469 e. The van der Waals surface area contributed by atoms with E-state index in [0.717, 1.165) is 5.56 Å². The van der Waals surface area contributed by atoms with Crippen LogP contribution in [0.4, 0.5) is 0 Å². The first-order valence-corrected chi connectivity index (χ1v) is 9.18. The molecule has 0 saturated carbocycles. The number of hydrogen-bond donors (Lipinski definition) is 0. The number of ether oxygens (including phenoxy) is 7. The molecule has 1 aromatic rings. The molecule has 0 aromatic heterocycles. The summed E-state index contributed by atoms with van der Waals surface area (Å²) in [6, 6.07) is 9.53. The van der Waals surface area contributed by atoms with E-state index < -0.39 is 24.2 Å². The predicted octanol–water partition coefficient (Wildman–Crippen LogP) is 2.49. The molecule has 8 nitrogen and oxygen atoms in total. The molecule has 1 rings (SSSR count). The molecule has 0 saturated heterocycles. The van der Waals surface area contributed by atoms with Crippen molar-refractivity contribution in [2.45, 2.75) is 30.7 Å². The lowest BCUT2D eigenvalue weighted by Gasteiger charge is -2.36. The predicted molar refractivity (Wildman–Crippen MR) is 106 cm³/mol. The minimum absolute atomic E-state index is 0.00206. The highest BCUT2D eigenvalue weighted by atomic mass is 16.7. The van der Waals surface area contributed by atoms with Gasteiger partial charge in [0.05, 0.1) is 19.6 Å². The normalized spacial score (nSPS) is 15.3. The molecule has 0 N–H and O–H groups in total. The second-order valence-electron chi connectivity index (χ2n) is 6.15. The summed E-state index contributed by atoms with van der Waals surface area (Å²) in [5.74, 6) is -0.766. The maximum atomic E-state index is 12.2. The highest BCUT2D eigenvalue weighted by molar-refractivity contribution is 5.70. The molecule has 4 atom stereocenters. The number of benzene rings is 1. The maximum Gasteiger partial charge on any atom is 0.306 e. The molecule has 0 bridgehead atoms. The molecule has 0 aliphatic heterocycles. The van der Waals surface area contributed by atoms with Crippen LogP contribution in [0.5, 0.6) is 0 Å². The molecule has 0 aliphatic carbocycles. The van der Waals surface area contributed by atoms with E-state index in [1.165, 1.54) is 28.4 Å². The van der Waals surface area contributed by atoms with E-state index in [1.807, 2.05) is 30.3 Å². The van der Waals surface area contributed by atoms with Crippen LogP contribution in [-0.2, 0) is 38.0 Å². The molecule has 1 aromatic carbocycles. The third-order valence-electron chi connectivity index (χ3n) is 4.25. The Kier molecular flexibility index (Phi) is 13.1. The Morgan fingerprint density at radius 3 is 1.97 bits per heavy atom. The number of hydrogen-bond acceptors (Lipinski definition) is 8. The first-order chi connectivity index (χ1) is 14.1. The van der Waals surface area contributed by atoms with Crippen LogP contribution in [0.3, 0.4) is 0 Å². The molecule has 0 aliphatic rings. The van der Waals surface area contributed by atoms with Gasteiger partial charge in [0.2, 0.25) is 0 Å². The monoisotopic (exact) mass is 412 g/mol. The first-order valence-electron chi connectivity index (χ1n) is 9.18. The maximum absolute atomic E-state index is 12.2. The fourth-order valence-corrected chi connectivity index (χ4v) is 2.94. The van der Waals surface area contributed by atoms with E-state index in [9.17, 15) is 4.79 Å². The summed E-state index contributed by atoms with van der Waals surface area (Å²) in [6.45, 7) is 3.86. The van der Waals surface area contributed by atoms with Gasteiger partial charge in [-0.15, -0.1) is 6.58 Å². The second kappa shape index (κ2) is 15.1. The van der Waals surface area contributed by atoms with Crippen molar-refractivity contribution in [3.05, 3.63) is 48.6 Å². The second-order valence-corrected chi connectivity index (χ2v) is 6.15. The van der Waals surface area contributed by atoms with Gasteiger partial charge in [-0.1, -0.05) is 36.4 Å². The van der Waals surface area contributed by atoms with Crippen molar-refractivity contribution in [3.63, 3.8) is 0 Å². The Morgan fingerprint density at radius 2 is 1.45 bits per heavy atom. The summed E-state index contributed by atoms with van der Waals surface area (Å²) in [4.78, 5) is 12.2. The Labute approximate surface area is 172 Å². The number of methoxy groups -OCH3 is 4. The number of carbonyl (C=O) groups excluding carboxylic acids is 1. The summed E-state index contributed by atoms with van der Waals surface area (Å²) in [5, 5.41) is 0. The van der Waals surface area contributed by atoms with Gasteiger partial charge in [0, 0.05) is 27.2 Å².